The number of furan rings is 2. The van der Waals surface area contributed by atoms with Gasteiger partial charge in [0, 0.05) is 76.3 Å². The van der Waals surface area contributed by atoms with E-state index in [2.05, 4.69) is 346 Å². The van der Waals surface area contributed by atoms with Gasteiger partial charge in [0.15, 0.2) is 0 Å². The summed E-state index contributed by atoms with van der Waals surface area (Å²) >= 11 is 0. The first-order valence-electron chi connectivity index (χ1n) is 33.6. The molecule has 0 unspecified atom stereocenters. The largest absolute Gasteiger partial charge is 0.456 e. The fourth-order valence-corrected chi connectivity index (χ4v) is 16.9. The summed E-state index contributed by atoms with van der Waals surface area (Å²) in [5.74, 6) is 0. The third-order valence-corrected chi connectivity index (χ3v) is 21.1. The molecule has 0 spiro atoms. The summed E-state index contributed by atoms with van der Waals surface area (Å²) in [6.07, 6.45) is 0. The zero-order chi connectivity index (χ0) is 63.8. The van der Waals surface area contributed by atoms with Crippen LogP contribution < -0.4 is 0 Å². The summed E-state index contributed by atoms with van der Waals surface area (Å²) in [5, 5.41) is 18.7. The molecule has 454 valence electrons. The van der Waals surface area contributed by atoms with Gasteiger partial charge in [-0.25, -0.2) is 0 Å². The van der Waals surface area contributed by atoms with Gasteiger partial charge >= 0.3 is 0 Å². The number of fused-ring (bicyclic) bond motifs is 25. The van der Waals surface area contributed by atoms with E-state index in [1.807, 2.05) is 0 Å². The average molecular weight is 1250 g/mol. The number of para-hydroxylation sites is 4. The molecule has 6 nitrogen and oxygen atoms in total. The van der Waals surface area contributed by atoms with Crippen LogP contribution in [-0.4, -0.2) is 18.3 Å². The van der Waals surface area contributed by atoms with Crippen molar-refractivity contribution in [1.82, 2.24) is 18.3 Å². The van der Waals surface area contributed by atoms with Crippen molar-refractivity contribution in [1.29, 1.82) is 0 Å². The van der Waals surface area contributed by atoms with Gasteiger partial charge in [-0.15, -0.1) is 0 Å². The van der Waals surface area contributed by atoms with Crippen LogP contribution in [0.2, 0.25) is 0 Å². The van der Waals surface area contributed by atoms with Crippen molar-refractivity contribution in [3.8, 4) is 56.1 Å². The minimum Gasteiger partial charge on any atom is -0.456 e. The normalized spacial score (nSPS) is 12.3. The van der Waals surface area contributed by atoms with Crippen LogP contribution in [-0.2, 0) is 0 Å². The Morgan fingerprint density at radius 1 is 0.184 bits per heavy atom. The van der Waals surface area contributed by atoms with Crippen LogP contribution in [0.1, 0.15) is 0 Å². The molecule has 0 fully saturated rings. The first-order chi connectivity index (χ1) is 48.6. The van der Waals surface area contributed by atoms with Gasteiger partial charge in [0.05, 0.1) is 60.6 Å². The van der Waals surface area contributed by atoms with E-state index in [-0.39, 0.29) is 0 Å². The number of nitrogens with zero attached hydrogens (tertiary/aromatic N) is 4. The van der Waals surface area contributed by atoms with Gasteiger partial charge in [-0.2, -0.15) is 0 Å². The summed E-state index contributed by atoms with van der Waals surface area (Å²) in [6.45, 7) is 0. The molecule has 22 aromatic rings. The van der Waals surface area contributed by atoms with Crippen LogP contribution in [0.15, 0.2) is 336 Å². The van der Waals surface area contributed by atoms with E-state index in [0.717, 1.165) is 133 Å². The predicted octanol–water partition coefficient (Wildman–Crippen LogP) is 25.2. The van der Waals surface area contributed by atoms with E-state index in [9.17, 15) is 0 Å². The van der Waals surface area contributed by atoms with E-state index >= 15 is 0 Å². The Morgan fingerprint density at radius 3 is 1.23 bits per heavy atom. The molecule has 0 saturated carbocycles. The number of rotatable bonds is 7. The van der Waals surface area contributed by atoms with Gasteiger partial charge in [-0.1, -0.05) is 212 Å². The molecule has 98 heavy (non-hydrogen) atoms. The smallest absolute Gasteiger partial charge is 0.137 e. The molecule has 22 rings (SSSR count). The second-order valence-electron chi connectivity index (χ2n) is 26.2. The Morgan fingerprint density at radius 2 is 0.612 bits per heavy atom. The molecule has 6 heterocycles. The van der Waals surface area contributed by atoms with Crippen LogP contribution in [0.5, 0.6) is 0 Å². The molecule has 0 saturated heterocycles. The quantitative estimate of drug-likeness (QED) is 0.149. The lowest BCUT2D eigenvalue weighted by molar-refractivity contribution is 0.669. The lowest BCUT2D eigenvalue weighted by Gasteiger charge is -2.15. The van der Waals surface area contributed by atoms with Gasteiger partial charge < -0.3 is 27.1 Å². The second-order valence-corrected chi connectivity index (χ2v) is 26.2. The van der Waals surface area contributed by atoms with Crippen LogP contribution in [0.3, 0.4) is 0 Å². The Hall–Kier alpha value is -13.2. The zero-order valence-electron chi connectivity index (χ0n) is 52.8. The molecular weight excluding hydrogens is 1190 g/mol. The molecule has 0 N–H and O–H groups in total. The molecule has 0 aliphatic heterocycles. The molecule has 0 bridgehead atoms. The number of aromatic nitrogens is 4. The third-order valence-electron chi connectivity index (χ3n) is 21.1. The summed E-state index contributed by atoms with van der Waals surface area (Å²) < 4.78 is 23.8. The molecule has 16 aromatic carbocycles. The predicted molar refractivity (Wildman–Crippen MR) is 410 cm³/mol. The van der Waals surface area contributed by atoms with Gasteiger partial charge in [0.1, 0.15) is 22.3 Å². The summed E-state index contributed by atoms with van der Waals surface area (Å²) in [4.78, 5) is 0. The van der Waals surface area contributed by atoms with Crippen molar-refractivity contribution >= 4 is 153 Å². The summed E-state index contributed by atoms with van der Waals surface area (Å²) in [6, 6.07) is 120. The SMILES string of the molecule is c1ccc(-c2cc(-c3ccccc3)cc(-n3c4c(ccc5oc6ccccc6c54)c4ccc5c(c6ccccc6n5-c5ccc(-c6ccc7c(c6)oc6ccc8c9ccc%10c(c%11ccccc%11n%10-c%10ccccc%10)c9n(-c9cc%10ccccc%10c%10ccccc9%10)c8c67)cc5)c43)c2)cc1. The number of hydrogen-bond acceptors (Lipinski definition) is 2. The highest BCUT2D eigenvalue weighted by Crippen LogP contribution is 2.50. The Balaban J connectivity index is 0.744. The highest BCUT2D eigenvalue weighted by molar-refractivity contribution is 6.33. The Labute approximate surface area is 560 Å². The average Bonchev–Trinajstić information content (AvgIpc) is 1.53. The second kappa shape index (κ2) is 20.2. The van der Waals surface area contributed by atoms with Crippen molar-refractivity contribution in [2.24, 2.45) is 0 Å². The van der Waals surface area contributed by atoms with E-state index in [1.165, 1.54) is 75.7 Å². The topological polar surface area (TPSA) is 46.0 Å². The molecule has 0 amide bonds. The number of hydrogen-bond donors (Lipinski definition) is 0. The maximum Gasteiger partial charge on any atom is 0.137 e. The van der Waals surface area contributed by atoms with E-state index in [0.29, 0.717) is 0 Å². The van der Waals surface area contributed by atoms with Crippen LogP contribution in [0, 0.1) is 0 Å². The van der Waals surface area contributed by atoms with Gasteiger partial charge in [0.25, 0.3) is 0 Å². The van der Waals surface area contributed by atoms with E-state index in [4.69, 9.17) is 8.83 Å². The highest BCUT2D eigenvalue weighted by atomic mass is 16.3. The minimum absolute atomic E-state index is 0.841. The Kier molecular flexibility index (Phi) is 11.0. The van der Waals surface area contributed by atoms with Gasteiger partial charge in [-0.3, -0.25) is 0 Å². The van der Waals surface area contributed by atoms with Crippen molar-refractivity contribution in [2.45, 2.75) is 0 Å². The van der Waals surface area contributed by atoms with Crippen molar-refractivity contribution in [2.75, 3.05) is 0 Å². The monoisotopic (exact) mass is 1250 g/mol. The minimum atomic E-state index is 0.841. The standard InChI is InChI=1S/C92H54N4O2/c1-4-20-55(21-5-1)60-50-61(56-22-6-2-7-23-56)52-64(51-60)95-89-68(70-44-48-82-87(91(70)95)74-32-16-19-35-81(74)97-82)42-46-78-85(89)72-30-14-18-34-77(72)94(78)63-39-36-57(37-40-63)58-38-41-75-84(54-58)98-83-49-45-71-69-43-47-79-86(73-31-15-17-33-76(73)93(79)62-25-8-3-9-26-62)90(69)96(92(71)88(75)83)80-53-59-24-10-11-27-65(59)66-28-12-13-29-67(66)80/h1-54H. The molecule has 0 aliphatic carbocycles. The fraction of sp³-hybridized carbons (Fsp3) is 0. The third kappa shape index (κ3) is 7.45. The lowest BCUT2D eigenvalue weighted by Crippen LogP contribution is -1.97. The molecule has 0 atom stereocenters. The zero-order valence-corrected chi connectivity index (χ0v) is 52.8. The van der Waals surface area contributed by atoms with E-state index < -0.39 is 0 Å². The molecule has 6 aromatic heterocycles. The number of benzene rings is 16. The van der Waals surface area contributed by atoms with Gasteiger partial charge in [-0.05, 0) is 165 Å². The van der Waals surface area contributed by atoms with Crippen LogP contribution in [0.25, 0.3) is 209 Å². The highest BCUT2D eigenvalue weighted by Gasteiger charge is 2.28. The van der Waals surface area contributed by atoms with Crippen molar-refractivity contribution in [3.05, 3.63) is 328 Å². The van der Waals surface area contributed by atoms with Gasteiger partial charge in [0.2, 0.25) is 0 Å². The molecule has 0 aliphatic rings. The fourth-order valence-electron chi connectivity index (χ4n) is 16.9. The first-order valence-corrected chi connectivity index (χ1v) is 33.6. The molecule has 6 heteroatoms. The summed E-state index contributed by atoms with van der Waals surface area (Å²) in [5.41, 5.74) is 23.8. The van der Waals surface area contributed by atoms with Crippen molar-refractivity contribution < 1.29 is 8.83 Å². The maximum absolute atomic E-state index is 7.13. The summed E-state index contributed by atoms with van der Waals surface area (Å²) in [7, 11) is 0. The Bertz CT molecular complexity index is 7080. The lowest BCUT2D eigenvalue weighted by atomic mass is 9.98. The first kappa shape index (κ1) is 53.2. The van der Waals surface area contributed by atoms with Crippen LogP contribution >= 0.6 is 0 Å². The molecular formula is C92H54N4O2. The van der Waals surface area contributed by atoms with Crippen molar-refractivity contribution in [3.63, 3.8) is 0 Å². The van der Waals surface area contributed by atoms with E-state index in [1.54, 1.807) is 0 Å². The maximum atomic E-state index is 7.13. The molecule has 0 radical (unpaired) electrons. The van der Waals surface area contributed by atoms with Crippen LogP contribution in [0.4, 0.5) is 0 Å².